The summed E-state index contributed by atoms with van der Waals surface area (Å²) in [6, 6.07) is 3.68. The summed E-state index contributed by atoms with van der Waals surface area (Å²) in [4.78, 5) is 12.6. The van der Waals surface area contributed by atoms with Gasteiger partial charge in [0.15, 0.2) is 0 Å². The van der Waals surface area contributed by atoms with Crippen LogP contribution in [0, 0.1) is 0 Å². The lowest BCUT2D eigenvalue weighted by Gasteiger charge is -2.20. The van der Waals surface area contributed by atoms with Gasteiger partial charge in [-0.15, -0.1) is 0 Å². The molecule has 1 atom stereocenters. The predicted octanol–water partition coefficient (Wildman–Crippen LogP) is 0.691. The molecule has 1 unspecified atom stereocenters. The van der Waals surface area contributed by atoms with Crippen LogP contribution in [0.25, 0.3) is 0 Å². The SMILES string of the molecule is O=C(O)CC1(O)CCN(Cc2ccco2)C1. The van der Waals surface area contributed by atoms with Crippen LogP contribution in [-0.4, -0.2) is 39.8 Å². The van der Waals surface area contributed by atoms with Gasteiger partial charge < -0.3 is 14.6 Å². The number of carboxylic acid groups (broad SMARTS) is 1. The Balaban J connectivity index is 1.90. The zero-order chi connectivity index (χ0) is 11.6. The van der Waals surface area contributed by atoms with Crippen molar-refractivity contribution in [3.63, 3.8) is 0 Å². The molecule has 2 rings (SSSR count). The van der Waals surface area contributed by atoms with Crippen LogP contribution in [0.4, 0.5) is 0 Å². The van der Waals surface area contributed by atoms with E-state index in [-0.39, 0.29) is 6.42 Å². The maximum Gasteiger partial charge on any atom is 0.306 e. The zero-order valence-corrected chi connectivity index (χ0v) is 8.93. The van der Waals surface area contributed by atoms with Crippen molar-refractivity contribution in [1.29, 1.82) is 0 Å². The fourth-order valence-electron chi connectivity index (χ4n) is 2.12. The number of aliphatic carboxylic acids is 1. The van der Waals surface area contributed by atoms with Crippen LogP contribution in [0.15, 0.2) is 22.8 Å². The number of likely N-dealkylation sites (tertiary alicyclic amines) is 1. The minimum atomic E-state index is -1.08. The number of hydrogen-bond acceptors (Lipinski definition) is 4. The summed E-state index contributed by atoms with van der Waals surface area (Å²) in [5.41, 5.74) is -1.08. The van der Waals surface area contributed by atoms with Crippen molar-refractivity contribution in [3.8, 4) is 0 Å². The summed E-state index contributed by atoms with van der Waals surface area (Å²) >= 11 is 0. The molecular weight excluding hydrogens is 210 g/mol. The molecule has 1 aliphatic rings. The fourth-order valence-corrected chi connectivity index (χ4v) is 2.12. The highest BCUT2D eigenvalue weighted by Gasteiger charge is 2.38. The molecule has 0 spiro atoms. The highest BCUT2D eigenvalue weighted by Crippen LogP contribution is 2.25. The average Bonchev–Trinajstić information content (AvgIpc) is 2.76. The lowest BCUT2D eigenvalue weighted by Crippen LogP contribution is -2.35. The van der Waals surface area contributed by atoms with E-state index in [9.17, 15) is 9.90 Å². The second kappa shape index (κ2) is 4.27. The molecule has 2 N–H and O–H groups in total. The lowest BCUT2D eigenvalue weighted by atomic mass is 9.99. The number of hydrogen-bond donors (Lipinski definition) is 2. The van der Waals surface area contributed by atoms with Gasteiger partial charge in [0.2, 0.25) is 0 Å². The molecular formula is C11H15NO4. The summed E-state index contributed by atoms with van der Waals surface area (Å²) in [7, 11) is 0. The van der Waals surface area contributed by atoms with Crippen molar-refractivity contribution >= 4 is 5.97 Å². The summed E-state index contributed by atoms with van der Waals surface area (Å²) in [6.07, 6.45) is 1.91. The zero-order valence-electron chi connectivity index (χ0n) is 8.93. The fraction of sp³-hybridized carbons (Fsp3) is 0.545. The van der Waals surface area contributed by atoms with Crippen LogP contribution in [0.2, 0.25) is 0 Å². The third kappa shape index (κ3) is 2.62. The van der Waals surface area contributed by atoms with E-state index in [4.69, 9.17) is 9.52 Å². The van der Waals surface area contributed by atoms with Gasteiger partial charge in [-0.2, -0.15) is 0 Å². The van der Waals surface area contributed by atoms with E-state index in [0.717, 1.165) is 5.76 Å². The molecule has 1 aromatic heterocycles. The smallest absolute Gasteiger partial charge is 0.306 e. The molecule has 5 heteroatoms. The predicted molar refractivity (Wildman–Crippen MR) is 55.8 cm³/mol. The molecule has 1 saturated heterocycles. The van der Waals surface area contributed by atoms with Gasteiger partial charge in [0.25, 0.3) is 0 Å². The van der Waals surface area contributed by atoms with Crippen molar-refractivity contribution in [1.82, 2.24) is 4.90 Å². The molecule has 16 heavy (non-hydrogen) atoms. The van der Waals surface area contributed by atoms with E-state index in [2.05, 4.69) is 0 Å². The first-order valence-corrected chi connectivity index (χ1v) is 5.26. The third-order valence-electron chi connectivity index (χ3n) is 2.85. The summed E-state index contributed by atoms with van der Waals surface area (Å²) < 4.78 is 5.21. The Morgan fingerprint density at radius 3 is 3.06 bits per heavy atom. The van der Waals surface area contributed by atoms with E-state index < -0.39 is 11.6 Å². The Labute approximate surface area is 93.3 Å². The lowest BCUT2D eigenvalue weighted by molar-refractivity contribution is -0.142. The Morgan fingerprint density at radius 1 is 1.62 bits per heavy atom. The van der Waals surface area contributed by atoms with Crippen LogP contribution >= 0.6 is 0 Å². The maximum absolute atomic E-state index is 10.6. The van der Waals surface area contributed by atoms with Crippen molar-refractivity contribution < 1.29 is 19.4 Å². The van der Waals surface area contributed by atoms with E-state index in [1.807, 2.05) is 17.0 Å². The molecule has 0 radical (unpaired) electrons. The number of aliphatic hydroxyl groups is 1. The standard InChI is InChI=1S/C11H15NO4/c13-10(14)6-11(15)3-4-12(8-11)7-9-2-1-5-16-9/h1-2,5,15H,3-4,6-8H2,(H,13,14). The van der Waals surface area contributed by atoms with Crippen molar-refractivity contribution in [2.45, 2.75) is 25.0 Å². The molecule has 0 saturated carbocycles. The van der Waals surface area contributed by atoms with Crippen LogP contribution in [0.5, 0.6) is 0 Å². The Bertz CT molecular complexity index is 362. The average molecular weight is 225 g/mol. The minimum absolute atomic E-state index is 0.193. The number of carboxylic acids is 1. The highest BCUT2D eigenvalue weighted by molar-refractivity contribution is 5.68. The number of carbonyl (C=O) groups is 1. The molecule has 0 amide bonds. The van der Waals surface area contributed by atoms with Crippen LogP contribution < -0.4 is 0 Å². The number of nitrogens with zero attached hydrogens (tertiary/aromatic N) is 1. The summed E-state index contributed by atoms with van der Waals surface area (Å²) in [6.45, 7) is 1.71. The van der Waals surface area contributed by atoms with Gasteiger partial charge in [-0.1, -0.05) is 0 Å². The monoisotopic (exact) mass is 225 g/mol. The highest BCUT2D eigenvalue weighted by atomic mass is 16.4. The number of β-amino-alcohol motifs (C(OH)–C–C–N with tert-alkyl or cyclic N) is 1. The quantitative estimate of drug-likeness (QED) is 0.788. The normalized spacial score (nSPS) is 26.1. The number of rotatable bonds is 4. The molecule has 2 heterocycles. The van der Waals surface area contributed by atoms with Crippen molar-refractivity contribution in [2.75, 3.05) is 13.1 Å². The first kappa shape index (κ1) is 11.2. The second-order valence-corrected chi connectivity index (χ2v) is 4.33. The molecule has 1 fully saturated rings. The molecule has 0 aromatic carbocycles. The molecule has 1 aromatic rings. The first-order valence-electron chi connectivity index (χ1n) is 5.26. The van der Waals surface area contributed by atoms with Crippen molar-refractivity contribution in [3.05, 3.63) is 24.2 Å². The Hall–Kier alpha value is -1.33. The van der Waals surface area contributed by atoms with Gasteiger partial charge in [-0.3, -0.25) is 9.69 Å². The largest absolute Gasteiger partial charge is 0.481 e. The van der Waals surface area contributed by atoms with Crippen LogP contribution in [-0.2, 0) is 11.3 Å². The van der Waals surface area contributed by atoms with E-state index >= 15 is 0 Å². The minimum Gasteiger partial charge on any atom is -0.481 e. The molecule has 0 bridgehead atoms. The molecule has 1 aliphatic heterocycles. The molecule has 5 nitrogen and oxygen atoms in total. The van der Waals surface area contributed by atoms with E-state index in [1.165, 1.54) is 0 Å². The van der Waals surface area contributed by atoms with Gasteiger partial charge in [0.05, 0.1) is 24.8 Å². The second-order valence-electron chi connectivity index (χ2n) is 4.33. The van der Waals surface area contributed by atoms with Gasteiger partial charge >= 0.3 is 5.97 Å². The van der Waals surface area contributed by atoms with Gasteiger partial charge in [-0.05, 0) is 18.6 Å². The van der Waals surface area contributed by atoms with E-state index in [1.54, 1.807) is 6.26 Å². The third-order valence-corrected chi connectivity index (χ3v) is 2.85. The topological polar surface area (TPSA) is 73.9 Å². The number of furan rings is 1. The Morgan fingerprint density at radius 2 is 2.44 bits per heavy atom. The maximum atomic E-state index is 10.6. The first-order chi connectivity index (χ1) is 7.57. The van der Waals surface area contributed by atoms with Crippen LogP contribution in [0.3, 0.4) is 0 Å². The summed E-state index contributed by atoms with van der Waals surface area (Å²) in [5.74, 6) is -0.123. The van der Waals surface area contributed by atoms with Gasteiger partial charge in [0.1, 0.15) is 5.76 Å². The van der Waals surface area contributed by atoms with Gasteiger partial charge in [0, 0.05) is 13.1 Å². The Kier molecular flexibility index (Phi) is 2.98. The van der Waals surface area contributed by atoms with Gasteiger partial charge in [-0.25, -0.2) is 0 Å². The van der Waals surface area contributed by atoms with Crippen LogP contribution in [0.1, 0.15) is 18.6 Å². The molecule has 0 aliphatic carbocycles. The van der Waals surface area contributed by atoms with E-state index in [0.29, 0.717) is 26.1 Å². The van der Waals surface area contributed by atoms with Crippen molar-refractivity contribution in [2.24, 2.45) is 0 Å². The molecule has 88 valence electrons. The summed E-state index contributed by atoms with van der Waals surface area (Å²) in [5, 5.41) is 18.7.